The first-order chi connectivity index (χ1) is 17.8. The molecule has 38 heavy (non-hydrogen) atoms. The number of hydrogen-bond acceptors (Lipinski definition) is 6. The van der Waals surface area contributed by atoms with E-state index in [2.05, 4.69) is 41.1 Å². The molecule has 1 atom stereocenters. The summed E-state index contributed by atoms with van der Waals surface area (Å²) in [6.45, 7) is 9.06. The maximum Gasteiger partial charge on any atom is 0.419 e. The fraction of sp³-hybridized carbons (Fsp3) is 0.500. The molecule has 2 aromatic carbocycles. The Bertz CT molecular complexity index is 1310. The number of fused-ring (bicyclic) bond motifs is 1. The van der Waals surface area contributed by atoms with Gasteiger partial charge in [-0.05, 0) is 59.7 Å². The Balaban J connectivity index is 1.64. The molecule has 0 bridgehead atoms. The van der Waals surface area contributed by atoms with E-state index in [4.69, 9.17) is 9.47 Å². The van der Waals surface area contributed by atoms with E-state index in [1.54, 1.807) is 33.1 Å². The molecule has 0 saturated heterocycles. The Hall–Kier alpha value is -3.14. The number of aromatic nitrogens is 2. The molecule has 1 fully saturated rings. The van der Waals surface area contributed by atoms with Crippen LogP contribution in [0.15, 0.2) is 30.3 Å². The van der Waals surface area contributed by atoms with Crippen LogP contribution in [0, 0.1) is 18.2 Å². The summed E-state index contributed by atoms with van der Waals surface area (Å²) in [4.78, 5) is 11.3. The molecule has 3 aromatic rings. The highest BCUT2D eigenvalue weighted by Gasteiger charge is 2.44. The van der Waals surface area contributed by atoms with Gasteiger partial charge in [-0.3, -0.25) is 0 Å². The number of ether oxygens (including phenoxy) is 2. The van der Waals surface area contributed by atoms with Crippen LogP contribution >= 0.6 is 0 Å². The Morgan fingerprint density at radius 3 is 2.42 bits per heavy atom. The van der Waals surface area contributed by atoms with Gasteiger partial charge in [0, 0.05) is 35.0 Å². The van der Waals surface area contributed by atoms with Gasteiger partial charge < -0.3 is 19.7 Å². The maximum atomic E-state index is 14.8. The summed E-state index contributed by atoms with van der Waals surface area (Å²) in [5.74, 6) is 0.548. The second kappa shape index (κ2) is 10.6. The lowest BCUT2D eigenvalue weighted by Crippen LogP contribution is -2.35. The van der Waals surface area contributed by atoms with Crippen LogP contribution in [-0.2, 0) is 6.18 Å². The van der Waals surface area contributed by atoms with Crippen molar-refractivity contribution in [3.8, 4) is 11.5 Å². The first kappa shape index (κ1) is 27.9. The minimum absolute atomic E-state index is 0.0827. The highest BCUT2D eigenvalue weighted by Crippen LogP contribution is 2.47. The number of methoxy groups -OCH3 is 1. The van der Waals surface area contributed by atoms with Crippen molar-refractivity contribution in [2.24, 2.45) is 5.41 Å². The van der Waals surface area contributed by atoms with Crippen molar-refractivity contribution in [1.29, 1.82) is 0 Å². The van der Waals surface area contributed by atoms with Crippen LogP contribution < -0.4 is 14.8 Å². The fourth-order valence-electron chi connectivity index (χ4n) is 4.49. The third kappa shape index (κ3) is 5.95. The predicted molar refractivity (Wildman–Crippen MR) is 139 cm³/mol. The molecule has 0 amide bonds. The van der Waals surface area contributed by atoms with Crippen LogP contribution in [-0.4, -0.2) is 48.2 Å². The molecule has 6 nitrogen and oxygen atoms in total. The quantitative estimate of drug-likeness (QED) is 0.290. The van der Waals surface area contributed by atoms with Crippen LogP contribution in [0.1, 0.15) is 56.6 Å². The van der Waals surface area contributed by atoms with Gasteiger partial charge in [0.25, 0.3) is 0 Å². The Labute approximate surface area is 220 Å². The van der Waals surface area contributed by atoms with E-state index in [0.717, 1.165) is 25.5 Å². The molecule has 0 radical (unpaired) electrons. The lowest BCUT2D eigenvalue weighted by Gasteiger charge is -2.27. The van der Waals surface area contributed by atoms with Gasteiger partial charge in [0.05, 0.1) is 30.8 Å². The molecule has 206 valence electrons. The van der Waals surface area contributed by atoms with E-state index in [1.165, 1.54) is 12.1 Å². The van der Waals surface area contributed by atoms with Gasteiger partial charge in [0.1, 0.15) is 17.5 Å². The highest BCUT2D eigenvalue weighted by atomic mass is 19.4. The number of rotatable bonds is 10. The summed E-state index contributed by atoms with van der Waals surface area (Å²) >= 11 is 0. The molecule has 1 N–H and O–H groups in total. The standard InChI is InChI=1S/C28H34F4N4O2/c1-16(2)36(5)14-27(10-11-27)15-38-24-12-20-22(13-23(24)37-6)34-18(4)35-26(20)33-17(3)19-8-7-9-21(25(19)29)28(30,31)32/h7-9,12-13,16-17H,10-11,14-15H2,1-6H3,(H,33,34,35)/t17-/m1/s1. The summed E-state index contributed by atoms with van der Waals surface area (Å²) in [5, 5.41) is 3.68. The van der Waals surface area contributed by atoms with Crippen molar-refractivity contribution in [3.63, 3.8) is 0 Å². The van der Waals surface area contributed by atoms with E-state index in [1.807, 2.05) is 0 Å². The molecule has 0 aliphatic heterocycles. The number of nitrogens with one attached hydrogen (secondary N) is 1. The normalized spacial score (nSPS) is 15.7. The van der Waals surface area contributed by atoms with Gasteiger partial charge in [-0.2, -0.15) is 13.2 Å². The Kier molecular flexibility index (Phi) is 7.74. The van der Waals surface area contributed by atoms with E-state index < -0.39 is 23.6 Å². The second-order valence-corrected chi connectivity index (χ2v) is 10.5. The van der Waals surface area contributed by atoms with Gasteiger partial charge in [-0.1, -0.05) is 12.1 Å². The molecule has 1 aliphatic rings. The Morgan fingerprint density at radius 1 is 1.11 bits per heavy atom. The fourth-order valence-corrected chi connectivity index (χ4v) is 4.49. The second-order valence-electron chi connectivity index (χ2n) is 10.5. The van der Waals surface area contributed by atoms with Gasteiger partial charge in [0.15, 0.2) is 11.5 Å². The van der Waals surface area contributed by atoms with E-state index in [-0.39, 0.29) is 11.0 Å². The first-order valence-corrected chi connectivity index (χ1v) is 12.6. The van der Waals surface area contributed by atoms with Gasteiger partial charge in [-0.15, -0.1) is 0 Å². The molecule has 1 aliphatic carbocycles. The van der Waals surface area contributed by atoms with E-state index in [9.17, 15) is 17.6 Å². The predicted octanol–water partition coefficient (Wildman–Crippen LogP) is 6.78. The van der Waals surface area contributed by atoms with Crippen molar-refractivity contribution in [1.82, 2.24) is 14.9 Å². The first-order valence-electron chi connectivity index (χ1n) is 12.6. The third-order valence-corrected chi connectivity index (χ3v) is 7.20. The number of aryl methyl sites for hydroxylation is 1. The lowest BCUT2D eigenvalue weighted by molar-refractivity contribution is -0.140. The SMILES string of the molecule is COc1cc2nc(C)nc(N[C@H](C)c3cccc(C(F)(F)F)c3F)c2cc1OCC1(CN(C)C(C)C)CC1. The van der Waals surface area contributed by atoms with Crippen LogP contribution in [0.5, 0.6) is 11.5 Å². The third-order valence-electron chi connectivity index (χ3n) is 7.20. The van der Waals surface area contributed by atoms with Crippen molar-refractivity contribution in [3.05, 3.63) is 53.1 Å². The minimum Gasteiger partial charge on any atom is -0.493 e. The number of nitrogens with zero attached hydrogens (tertiary/aromatic N) is 3. The molecule has 10 heteroatoms. The van der Waals surface area contributed by atoms with Crippen LogP contribution in [0.3, 0.4) is 0 Å². The minimum atomic E-state index is -4.79. The summed E-state index contributed by atoms with van der Waals surface area (Å²) in [7, 11) is 3.66. The summed E-state index contributed by atoms with van der Waals surface area (Å²) in [5.41, 5.74) is -0.759. The van der Waals surface area contributed by atoms with E-state index in [0.29, 0.717) is 46.7 Å². The van der Waals surface area contributed by atoms with Crippen LogP contribution in [0.4, 0.5) is 23.4 Å². The largest absolute Gasteiger partial charge is 0.493 e. The number of halogens is 4. The zero-order valence-electron chi connectivity index (χ0n) is 22.5. The van der Waals surface area contributed by atoms with Crippen molar-refractivity contribution in [2.75, 3.05) is 32.6 Å². The van der Waals surface area contributed by atoms with Crippen LogP contribution in [0.2, 0.25) is 0 Å². The smallest absolute Gasteiger partial charge is 0.419 e. The molecule has 0 spiro atoms. The molecule has 0 unspecified atom stereocenters. The topological polar surface area (TPSA) is 59.5 Å². The zero-order valence-corrected chi connectivity index (χ0v) is 22.5. The zero-order chi connectivity index (χ0) is 27.8. The van der Waals surface area contributed by atoms with Gasteiger partial charge >= 0.3 is 6.18 Å². The Morgan fingerprint density at radius 2 is 1.82 bits per heavy atom. The van der Waals surface area contributed by atoms with Gasteiger partial charge in [-0.25, -0.2) is 14.4 Å². The average molecular weight is 535 g/mol. The molecular formula is C28H34F4N4O2. The van der Waals surface area contributed by atoms with Crippen molar-refractivity contribution < 1.29 is 27.0 Å². The average Bonchev–Trinajstić information content (AvgIpc) is 3.60. The van der Waals surface area contributed by atoms with Crippen LogP contribution in [0.25, 0.3) is 10.9 Å². The summed E-state index contributed by atoms with van der Waals surface area (Å²) in [6.07, 6.45) is -2.63. The lowest BCUT2D eigenvalue weighted by atomic mass is 10.0. The van der Waals surface area contributed by atoms with Gasteiger partial charge in [0.2, 0.25) is 0 Å². The molecule has 1 heterocycles. The van der Waals surface area contributed by atoms with Crippen molar-refractivity contribution in [2.45, 2.75) is 58.8 Å². The maximum absolute atomic E-state index is 14.8. The molecule has 4 rings (SSSR count). The van der Waals surface area contributed by atoms with E-state index >= 15 is 0 Å². The number of alkyl halides is 3. The van der Waals surface area contributed by atoms with Crippen molar-refractivity contribution >= 4 is 16.7 Å². The molecule has 1 aromatic heterocycles. The number of hydrogen-bond donors (Lipinski definition) is 1. The molecule has 1 saturated carbocycles. The summed E-state index contributed by atoms with van der Waals surface area (Å²) in [6, 6.07) is 6.41. The monoisotopic (exact) mass is 534 g/mol. The molecular weight excluding hydrogens is 500 g/mol. The highest BCUT2D eigenvalue weighted by molar-refractivity contribution is 5.92. The number of anilines is 1. The summed E-state index contributed by atoms with van der Waals surface area (Å²) < 4.78 is 66.4. The number of benzene rings is 2.